The fourth-order valence-corrected chi connectivity index (χ4v) is 3.71. The molecule has 0 aromatic heterocycles. The average Bonchev–Trinajstić information content (AvgIpc) is 2.85. The van der Waals surface area contributed by atoms with E-state index in [9.17, 15) is 24.3 Å². The molecule has 0 aliphatic carbocycles. The van der Waals surface area contributed by atoms with Crippen molar-refractivity contribution in [2.45, 2.75) is 57.8 Å². The summed E-state index contributed by atoms with van der Waals surface area (Å²) in [6, 6.07) is 12.8. The van der Waals surface area contributed by atoms with E-state index in [1.807, 2.05) is 30.3 Å². The molecule has 2 rings (SSSR count). The van der Waals surface area contributed by atoms with Crippen LogP contribution in [0.4, 0.5) is 4.79 Å². The minimum absolute atomic E-state index is 0.0976. The van der Waals surface area contributed by atoms with E-state index in [1.54, 1.807) is 32.9 Å². The minimum atomic E-state index is -1.28. The Morgan fingerprint density at radius 3 is 2.29 bits per heavy atom. The summed E-state index contributed by atoms with van der Waals surface area (Å²) in [7, 11) is 0. The second kappa shape index (κ2) is 13.8. The van der Waals surface area contributed by atoms with Crippen molar-refractivity contribution in [3.8, 4) is 5.75 Å². The van der Waals surface area contributed by atoms with Crippen LogP contribution in [-0.2, 0) is 25.7 Å². The second-order valence-electron chi connectivity index (χ2n) is 9.65. The fourth-order valence-electron chi connectivity index (χ4n) is 3.71. The zero-order chi connectivity index (χ0) is 28.3. The molecule has 0 radical (unpaired) electrons. The predicted molar refractivity (Wildman–Crippen MR) is 143 cm³/mol. The highest BCUT2D eigenvalue weighted by Gasteiger charge is 2.37. The number of nitrogens with zero attached hydrogens (tertiary/aromatic N) is 1. The topological polar surface area (TPSA) is 151 Å². The third-order valence-corrected chi connectivity index (χ3v) is 5.38. The zero-order valence-corrected chi connectivity index (χ0v) is 22.0. The van der Waals surface area contributed by atoms with Crippen LogP contribution in [-0.4, -0.2) is 52.0 Å². The monoisotopic (exact) mass is 524 g/mol. The number of nitrogens with one attached hydrogen (secondary N) is 2. The maximum absolute atomic E-state index is 13.8. The van der Waals surface area contributed by atoms with Crippen molar-refractivity contribution in [1.29, 1.82) is 0 Å². The molecular weight excluding hydrogens is 488 g/mol. The molecule has 10 nitrogen and oxygen atoms in total. The maximum atomic E-state index is 13.8. The smallest absolute Gasteiger partial charge is 0.408 e. The predicted octanol–water partition coefficient (Wildman–Crippen LogP) is 2.92. The molecule has 5 N–H and O–H groups in total. The standard InChI is InChI=1S/C28H36N4O6/c1-5-17-32(26(36)21(15-16-23(29)34)31-27(37)38-28(2,3)4)24(20-13-9-10-14-22(20)33)25(35)30-18-19-11-7-6-8-12-19/h5-14,21,24,33H,1,15-18H2,2-4H3,(H2,29,34)(H,30,35)(H,31,37). The number of phenolic OH excluding ortho intramolecular Hbond substituents is 1. The molecule has 204 valence electrons. The van der Waals surface area contributed by atoms with E-state index >= 15 is 0 Å². The first-order valence-corrected chi connectivity index (χ1v) is 12.2. The number of nitrogens with two attached hydrogens (primary N) is 1. The summed E-state index contributed by atoms with van der Waals surface area (Å²) in [5.74, 6) is -2.10. The van der Waals surface area contributed by atoms with E-state index in [4.69, 9.17) is 10.5 Å². The number of ether oxygens (including phenoxy) is 1. The van der Waals surface area contributed by atoms with Gasteiger partial charge in [0.15, 0.2) is 0 Å². The third-order valence-electron chi connectivity index (χ3n) is 5.38. The maximum Gasteiger partial charge on any atom is 0.408 e. The molecular formula is C28H36N4O6. The molecule has 4 amide bonds. The van der Waals surface area contributed by atoms with E-state index in [-0.39, 0.29) is 37.2 Å². The second-order valence-corrected chi connectivity index (χ2v) is 9.65. The van der Waals surface area contributed by atoms with Crippen molar-refractivity contribution < 1.29 is 29.0 Å². The first-order valence-electron chi connectivity index (χ1n) is 12.2. The summed E-state index contributed by atoms with van der Waals surface area (Å²) < 4.78 is 5.29. The molecule has 2 atom stereocenters. The van der Waals surface area contributed by atoms with Crippen LogP contribution in [0.5, 0.6) is 5.75 Å². The third kappa shape index (κ3) is 9.27. The van der Waals surface area contributed by atoms with Crippen LogP contribution in [0.2, 0.25) is 0 Å². The Morgan fingerprint density at radius 1 is 1.08 bits per heavy atom. The first-order chi connectivity index (χ1) is 17.9. The van der Waals surface area contributed by atoms with E-state index in [1.165, 1.54) is 23.1 Å². The van der Waals surface area contributed by atoms with Gasteiger partial charge in [0.2, 0.25) is 17.7 Å². The summed E-state index contributed by atoms with van der Waals surface area (Å²) in [6.45, 7) is 8.79. The van der Waals surface area contributed by atoms with E-state index < -0.39 is 41.5 Å². The highest BCUT2D eigenvalue weighted by molar-refractivity contribution is 5.93. The molecule has 0 bridgehead atoms. The number of benzene rings is 2. The Bertz CT molecular complexity index is 1130. The number of para-hydroxylation sites is 1. The number of carbonyl (C=O) groups is 4. The van der Waals surface area contributed by atoms with Crippen LogP contribution in [0.15, 0.2) is 67.3 Å². The van der Waals surface area contributed by atoms with Gasteiger partial charge in [-0.15, -0.1) is 6.58 Å². The zero-order valence-electron chi connectivity index (χ0n) is 22.0. The highest BCUT2D eigenvalue weighted by atomic mass is 16.6. The molecule has 2 aromatic rings. The summed E-state index contributed by atoms with van der Waals surface area (Å²) in [4.78, 5) is 52.6. The molecule has 0 aliphatic heterocycles. The van der Waals surface area contributed by atoms with Crippen molar-refractivity contribution in [2.75, 3.05) is 6.54 Å². The summed E-state index contributed by atoms with van der Waals surface area (Å²) in [6.07, 6.45) is 0.232. The summed E-state index contributed by atoms with van der Waals surface area (Å²) >= 11 is 0. The Kier molecular flexibility index (Phi) is 10.9. The molecule has 2 unspecified atom stereocenters. The Balaban J connectivity index is 2.45. The number of amides is 4. The van der Waals surface area contributed by atoms with Gasteiger partial charge in [0.05, 0.1) is 0 Å². The van der Waals surface area contributed by atoms with E-state index in [0.717, 1.165) is 5.56 Å². The quantitative estimate of drug-likeness (QED) is 0.314. The number of phenols is 1. The molecule has 0 saturated carbocycles. The fraction of sp³-hybridized carbons (Fsp3) is 0.357. The Hall–Kier alpha value is -4.34. The van der Waals surface area contributed by atoms with E-state index in [2.05, 4.69) is 17.2 Å². The largest absolute Gasteiger partial charge is 0.508 e. The number of primary amides is 1. The normalized spacial score (nSPS) is 12.5. The lowest BCUT2D eigenvalue weighted by atomic mass is 10.0. The van der Waals surface area contributed by atoms with Crippen molar-refractivity contribution in [1.82, 2.24) is 15.5 Å². The molecule has 0 heterocycles. The minimum Gasteiger partial charge on any atom is -0.508 e. The van der Waals surface area contributed by atoms with Crippen LogP contribution in [0.25, 0.3) is 0 Å². The SMILES string of the molecule is C=CCN(C(=O)C(CCC(N)=O)NC(=O)OC(C)(C)C)C(C(=O)NCc1ccccc1)c1ccccc1O. The van der Waals surface area contributed by atoms with Crippen LogP contribution in [0.3, 0.4) is 0 Å². The molecule has 0 saturated heterocycles. The number of aromatic hydroxyl groups is 1. The number of rotatable bonds is 12. The molecule has 38 heavy (non-hydrogen) atoms. The van der Waals surface area contributed by atoms with Crippen molar-refractivity contribution >= 4 is 23.8 Å². The van der Waals surface area contributed by atoms with Gasteiger partial charge in [0.1, 0.15) is 23.4 Å². The number of hydrogen-bond acceptors (Lipinski definition) is 6. The van der Waals surface area contributed by atoms with Crippen LogP contribution in [0.1, 0.15) is 50.8 Å². The van der Waals surface area contributed by atoms with Crippen molar-refractivity contribution in [2.24, 2.45) is 5.73 Å². The average molecular weight is 525 g/mol. The van der Waals surface area contributed by atoms with E-state index in [0.29, 0.717) is 0 Å². The van der Waals surface area contributed by atoms with Gasteiger partial charge in [-0.3, -0.25) is 14.4 Å². The molecule has 0 spiro atoms. The van der Waals surface area contributed by atoms with Gasteiger partial charge in [0.25, 0.3) is 0 Å². The Morgan fingerprint density at radius 2 is 1.71 bits per heavy atom. The van der Waals surface area contributed by atoms with Crippen LogP contribution >= 0.6 is 0 Å². The number of hydrogen-bond donors (Lipinski definition) is 4. The van der Waals surface area contributed by atoms with Gasteiger partial charge < -0.3 is 31.1 Å². The molecule has 2 aromatic carbocycles. The highest BCUT2D eigenvalue weighted by Crippen LogP contribution is 2.30. The van der Waals surface area contributed by atoms with Crippen LogP contribution in [0, 0.1) is 0 Å². The van der Waals surface area contributed by atoms with Gasteiger partial charge in [-0.25, -0.2) is 4.79 Å². The lowest BCUT2D eigenvalue weighted by Crippen LogP contribution is -2.53. The van der Waals surface area contributed by atoms with Gasteiger partial charge in [-0.05, 0) is 38.8 Å². The molecule has 0 fully saturated rings. The lowest BCUT2D eigenvalue weighted by molar-refractivity contribution is -0.142. The Labute approximate surface area is 222 Å². The number of alkyl carbamates (subject to hydrolysis) is 1. The molecule has 10 heteroatoms. The first kappa shape index (κ1) is 29.9. The van der Waals surface area contributed by atoms with Crippen LogP contribution < -0.4 is 16.4 Å². The summed E-state index contributed by atoms with van der Waals surface area (Å²) in [5.41, 5.74) is 5.48. The van der Waals surface area contributed by atoms with Crippen molar-refractivity contribution in [3.05, 3.63) is 78.4 Å². The van der Waals surface area contributed by atoms with Gasteiger partial charge >= 0.3 is 6.09 Å². The summed E-state index contributed by atoms with van der Waals surface area (Å²) in [5, 5.41) is 15.9. The van der Waals surface area contributed by atoms with Gasteiger partial charge in [-0.1, -0.05) is 54.6 Å². The molecule has 0 aliphatic rings. The van der Waals surface area contributed by atoms with Crippen molar-refractivity contribution in [3.63, 3.8) is 0 Å². The van der Waals surface area contributed by atoms with Gasteiger partial charge in [-0.2, -0.15) is 0 Å². The number of carbonyl (C=O) groups excluding carboxylic acids is 4. The van der Waals surface area contributed by atoms with Gasteiger partial charge in [0, 0.05) is 25.1 Å². The lowest BCUT2D eigenvalue weighted by Gasteiger charge is -2.34.